The van der Waals surface area contributed by atoms with E-state index in [0.29, 0.717) is 28.0 Å². The molecule has 1 aliphatic rings. The Morgan fingerprint density at radius 1 is 0.900 bits per heavy atom. The number of carbonyl (C=O) groups is 1. The number of ether oxygens (including phenoxy) is 3. The predicted octanol–water partition coefficient (Wildman–Crippen LogP) is 9.41. The van der Waals surface area contributed by atoms with E-state index in [1.165, 1.54) is 12.1 Å². The number of carbonyl (C=O) groups excluding carboxylic acids is 1. The maximum atomic E-state index is 15.0. The third kappa shape index (κ3) is 5.41. The number of nitrogens with zero attached hydrogens (tertiary/aromatic N) is 2. The lowest BCUT2D eigenvalue weighted by atomic mass is 9.94. The van der Waals surface area contributed by atoms with Crippen LogP contribution in [0.15, 0.2) is 108 Å². The van der Waals surface area contributed by atoms with Crippen LogP contribution in [-0.2, 0) is 14.8 Å². The zero-order valence-corrected chi connectivity index (χ0v) is 27.0. The van der Waals surface area contributed by atoms with Crippen LogP contribution in [0.3, 0.4) is 0 Å². The minimum atomic E-state index is -4.54. The minimum absolute atomic E-state index is 0.107. The van der Waals surface area contributed by atoms with Crippen LogP contribution in [0.2, 0.25) is 0 Å². The van der Waals surface area contributed by atoms with Crippen molar-refractivity contribution in [3.05, 3.63) is 131 Å². The molecule has 0 saturated carbocycles. The summed E-state index contributed by atoms with van der Waals surface area (Å²) >= 11 is 0. The van der Waals surface area contributed by atoms with Gasteiger partial charge in [0.2, 0.25) is 6.79 Å². The number of fused-ring (bicyclic) bond motifs is 2. The fourth-order valence-corrected chi connectivity index (χ4v) is 7.67. The largest absolute Gasteiger partial charge is 0.462 e. The molecule has 12 heteroatoms. The highest BCUT2D eigenvalue weighted by Crippen LogP contribution is 2.48. The van der Waals surface area contributed by atoms with E-state index in [1.807, 2.05) is 0 Å². The van der Waals surface area contributed by atoms with Crippen molar-refractivity contribution in [1.29, 1.82) is 0 Å². The average molecular weight is 695 g/mol. The van der Waals surface area contributed by atoms with Gasteiger partial charge in [-0.3, -0.25) is 0 Å². The number of para-hydroxylation sites is 1. The number of rotatable bonds is 8. The van der Waals surface area contributed by atoms with E-state index in [0.717, 1.165) is 34.3 Å². The first-order valence-corrected chi connectivity index (χ1v) is 16.7. The summed E-state index contributed by atoms with van der Waals surface area (Å²) in [5.74, 6) is -0.719. The van der Waals surface area contributed by atoms with Crippen LogP contribution in [0.1, 0.15) is 29.3 Å². The molecule has 0 N–H and O–H groups in total. The topological polar surface area (TPSA) is 88.2 Å². The SMILES string of the molecule is [C-]#[N+]c1ccccc1-c1c(-c2cccc(-c3ccc(C(=O)OCC)c4c3OCO4)c2)n(S(=O)(=O)c2ccc(C(F)F)cc2)c2ccc(F)cc12. The second kappa shape index (κ2) is 12.8. The van der Waals surface area contributed by atoms with E-state index in [2.05, 4.69) is 4.85 Å². The number of benzene rings is 5. The molecule has 0 unspecified atom stereocenters. The van der Waals surface area contributed by atoms with Crippen molar-refractivity contribution in [2.24, 2.45) is 0 Å². The van der Waals surface area contributed by atoms with E-state index < -0.39 is 28.2 Å². The molecule has 1 aliphatic heterocycles. The fourth-order valence-electron chi connectivity index (χ4n) is 6.12. The number of hydrogen-bond acceptors (Lipinski definition) is 6. The smallest absolute Gasteiger partial charge is 0.342 e. The van der Waals surface area contributed by atoms with Crippen LogP contribution in [0, 0.1) is 12.4 Å². The Bertz CT molecular complexity index is 2470. The fraction of sp³-hybridized carbons (Fsp3) is 0.105. The minimum Gasteiger partial charge on any atom is -0.462 e. The van der Waals surface area contributed by atoms with Gasteiger partial charge in [0.25, 0.3) is 16.4 Å². The maximum absolute atomic E-state index is 15.0. The second-order valence-corrected chi connectivity index (χ2v) is 13.0. The molecular weight excluding hydrogens is 669 g/mol. The van der Waals surface area contributed by atoms with Gasteiger partial charge >= 0.3 is 5.97 Å². The molecule has 0 radical (unpaired) electrons. The molecular formula is C38H25F3N2O6S. The number of aromatic nitrogens is 1. The molecule has 0 saturated heterocycles. The van der Waals surface area contributed by atoms with Crippen molar-refractivity contribution in [3.63, 3.8) is 0 Å². The zero-order chi connectivity index (χ0) is 35.2. The Kier molecular flexibility index (Phi) is 8.29. The first kappa shape index (κ1) is 32.5. The monoisotopic (exact) mass is 694 g/mol. The summed E-state index contributed by atoms with van der Waals surface area (Å²) in [7, 11) is -4.54. The Morgan fingerprint density at radius 3 is 2.38 bits per heavy atom. The van der Waals surface area contributed by atoms with Gasteiger partial charge in [-0.2, -0.15) is 0 Å². The van der Waals surface area contributed by atoms with Crippen LogP contribution < -0.4 is 9.47 Å². The predicted molar refractivity (Wildman–Crippen MR) is 181 cm³/mol. The van der Waals surface area contributed by atoms with E-state index in [-0.39, 0.29) is 63.0 Å². The molecule has 5 aromatic carbocycles. The van der Waals surface area contributed by atoms with Gasteiger partial charge in [-0.25, -0.2) is 35.2 Å². The van der Waals surface area contributed by atoms with Gasteiger partial charge in [0, 0.05) is 27.6 Å². The van der Waals surface area contributed by atoms with Crippen molar-refractivity contribution in [2.45, 2.75) is 18.2 Å². The van der Waals surface area contributed by atoms with Gasteiger partial charge in [-0.1, -0.05) is 54.6 Å². The van der Waals surface area contributed by atoms with Gasteiger partial charge < -0.3 is 14.2 Å². The molecule has 50 heavy (non-hydrogen) atoms. The highest BCUT2D eigenvalue weighted by Gasteiger charge is 2.31. The molecule has 1 aromatic heterocycles. The van der Waals surface area contributed by atoms with Crippen LogP contribution in [0.5, 0.6) is 11.5 Å². The van der Waals surface area contributed by atoms with Gasteiger partial charge in [-0.15, -0.1) is 0 Å². The van der Waals surface area contributed by atoms with Crippen LogP contribution >= 0.6 is 0 Å². The summed E-state index contributed by atoms with van der Waals surface area (Å²) in [6.07, 6.45) is -2.81. The summed E-state index contributed by atoms with van der Waals surface area (Å²) in [6, 6.07) is 24.6. The van der Waals surface area contributed by atoms with Crippen molar-refractivity contribution < 1.29 is 40.6 Å². The van der Waals surface area contributed by atoms with Crippen molar-refractivity contribution in [1.82, 2.24) is 3.97 Å². The van der Waals surface area contributed by atoms with Gasteiger partial charge in [0.1, 0.15) is 11.4 Å². The summed E-state index contributed by atoms with van der Waals surface area (Å²) < 4.78 is 88.7. The van der Waals surface area contributed by atoms with Gasteiger partial charge in [0.05, 0.1) is 29.3 Å². The molecule has 0 spiro atoms. The molecule has 0 atom stereocenters. The summed E-state index contributed by atoms with van der Waals surface area (Å²) in [6.45, 7) is 9.58. The first-order valence-electron chi connectivity index (χ1n) is 15.3. The number of halogens is 3. The summed E-state index contributed by atoms with van der Waals surface area (Å²) in [5, 5.41) is 0.214. The van der Waals surface area contributed by atoms with Crippen molar-refractivity contribution >= 4 is 32.6 Å². The molecule has 2 heterocycles. The highest BCUT2D eigenvalue weighted by molar-refractivity contribution is 7.90. The molecule has 0 bridgehead atoms. The molecule has 6 aromatic rings. The maximum Gasteiger partial charge on any atom is 0.342 e. The Labute approximate surface area is 284 Å². The first-order chi connectivity index (χ1) is 24.1. The molecule has 8 nitrogen and oxygen atoms in total. The van der Waals surface area contributed by atoms with Gasteiger partial charge in [-0.05, 0) is 66.6 Å². The molecule has 0 aliphatic carbocycles. The summed E-state index contributed by atoms with van der Waals surface area (Å²) in [5.41, 5.74) is 2.35. The lowest BCUT2D eigenvalue weighted by molar-refractivity contribution is 0.0521. The Morgan fingerprint density at radius 2 is 1.64 bits per heavy atom. The number of hydrogen-bond donors (Lipinski definition) is 0. The lowest BCUT2D eigenvalue weighted by Gasteiger charge is -2.16. The van der Waals surface area contributed by atoms with Crippen LogP contribution in [0.25, 0.3) is 49.3 Å². The summed E-state index contributed by atoms with van der Waals surface area (Å²) in [4.78, 5) is 16.0. The van der Waals surface area contributed by atoms with E-state index in [4.69, 9.17) is 20.8 Å². The standard InChI is InChI=1S/C38H25F3N2O6S/c1-3-47-38(44)29-17-16-27(35-36(29)49-21-48-35)23-7-6-8-24(19-23)34-33(28-9-4-5-10-31(28)42-2)30-20-25(39)13-18-32(30)43(34)50(45,46)26-14-11-22(12-15-26)37(40)41/h4-20,37H,3,21H2,1H3. The highest BCUT2D eigenvalue weighted by atomic mass is 32.2. The van der Waals surface area contributed by atoms with Crippen molar-refractivity contribution in [3.8, 4) is 45.0 Å². The lowest BCUT2D eigenvalue weighted by Crippen LogP contribution is -2.14. The average Bonchev–Trinajstić information content (AvgIpc) is 3.75. The number of alkyl halides is 2. The quantitative estimate of drug-likeness (QED) is 0.117. The number of esters is 1. The third-order valence-corrected chi connectivity index (χ3v) is 10.0. The van der Waals surface area contributed by atoms with E-state index in [9.17, 15) is 26.4 Å². The van der Waals surface area contributed by atoms with E-state index >= 15 is 0 Å². The molecule has 7 rings (SSSR count). The Balaban J connectivity index is 1.53. The second-order valence-electron chi connectivity index (χ2n) is 11.2. The molecule has 250 valence electrons. The van der Waals surface area contributed by atoms with Crippen LogP contribution in [-0.4, -0.2) is 31.8 Å². The third-order valence-electron chi connectivity index (χ3n) is 8.31. The molecule has 0 amide bonds. The van der Waals surface area contributed by atoms with Crippen LogP contribution in [0.4, 0.5) is 18.9 Å². The van der Waals surface area contributed by atoms with Crippen molar-refractivity contribution in [2.75, 3.05) is 13.4 Å². The normalized spacial score (nSPS) is 12.3. The zero-order valence-electron chi connectivity index (χ0n) is 26.2. The van der Waals surface area contributed by atoms with E-state index in [1.54, 1.807) is 67.6 Å². The van der Waals surface area contributed by atoms with Gasteiger partial charge in [0.15, 0.2) is 17.2 Å². The Hall–Kier alpha value is -6.06. The molecule has 0 fully saturated rings.